The summed E-state index contributed by atoms with van der Waals surface area (Å²) >= 11 is 0. The van der Waals surface area contributed by atoms with Crippen LogP contribution in [0, 0.1) is 5.82 Å². The monoisotopic (exact) mass is 295 g/mol. The van der Waals surface area contributed by atoms with E-state index in [1.807, 2.05) is 6.92 Å². The number of halogens is 1. The first kappa shape index (κ1) is 15.7. The van der Waals surface area contributed by atoms with Crippen molar-refractivity contribution in [1.29, 1.82) is 0 Å². The number of pyridine rings is 1. The topological polar surface area (TPSA) is 65.5 Å². The fraction of sp³-hybridized carbons (Fsp3) is 0.600. The fourth-order valence-electron chi connectivity index (χ4n) is 2.77. The quantitative estimate of drug-likeness (QED) is 0.872. The molecule has 0 bridgehead atoms. The van der Waals surface area contributed by atoms with Gasteiger partial charge in [-0.25, -0.2) is 9.37 Å². The zero-order valence-corrected chi connectivity index (χ0v) is 12.3. The maximum Gasteiger partial charge on any atom is 0.257 e. The third kappa shape index (κ3) is 3.50. The van der Waals surface area contributed by atoms with Gasteiger partial charge in [-0.05, 0) is 38.7 Å². The van der Waals surface area contributed by atoms with Crippen LogP contribution in [0.5, 0.6) is 0 Å². The molecule has 2 heterocycles. The number of anilines is 1. The molecule has 1 saturated heterocycles. The van der Waals surface area contributed by atoms with Crippen LogP contribution in [0.4, 0.5) is 10.2 Å². The molecule has 1 unspecified atom stereocenters. The highest BCUT2D eigenvalue weighted by molar-refractivity contribution is 5.95. The van der Waals surface area contributed by atoms with Crippen molar-refractivity contribution < 1.29 is 14.3 Å². The zero-order chi connectivity index (χ0) is 15.2. The molecular weight excluding hydrogens is 273 g/mol. The van der Waals surface area contributed by atoms with Gasteiger partial charge >= 0.3 is 0 Å². The lowest BCUT2D eigenvalue weighted by Gasteiger charge is -2.35. The lowest BCUT2D eigenvalue weighted by Crippen LogP contribution is -2.44. The number of aliphatic hydroxyl groups excluding tert-OH is 1. The Morgan fingerprint density at radius 1 is 1.57 bits per heavy atom. The maximum atomic E-state index is 14.4. The number of hydrogen-bond acceptors (Lipinski definition) is 4. The SMILES string of the molecule is CCNc1nccc(C(=O)N2CCCCC2CCO)c1F. The molecule has 0 aliphatic carbocycles. The van der Waals surface area contributed by atoms with Crippen LogP contribution in [0.15, 0.2) is 12.3 Å². The summed E-state index contributed by atoms with van der Waals surface area (Å²) in [5.74, 6) is -0.802. The Kier molecular flexibility index (Phi) is 5.50. The van der Waals surface area contributed by atoms with Gasteiger partial charge in [-0.15, -0.1) is 0 Å². The molecule has 0 spiro atoms. The van der Waals surface area contributed by atoms with Gasteiger partial charge in [-0.3, -0.25) is 4.79 Å². The number of likely N-dealkylation sites (tertiary alicyclic amines) is 1. The standard InChI is InChI=1S/C15H22FN3O2/c1-2-17-14-13(16)12(6-8-18-14)15(21)19-9-4-3-5-11(19)7-10-20/h6,8,11,20H,2-5,7,9-10H2,1H3,(H,17,18). The number of rotatable bonds is 5. The van der Waals surface area contributed by atoms with Crippen LogP contribution < -0.4 is 5.32 Å². The number of carbonyl (C=O) groups excluding carboxylic acids is 1. The number of nitrogens with zero attached hydrogens (tertiary/aromatic N) is 2. The molecule has 1 amide bonds. The average Bonchev–Trinajstić information content (AvgIpc) is 2.50. The van der Waals surface area contributed by atoms with Gasteiger partial charge in [0.1, 0.15) is 0 Å². The minimum Gasteiger partial charge on any atom is -0.396 e. The second-order valence-corrected chi connectivity index (χ2v) is 5.21. The van der Waals surface area contributed by atoms with Crippen molar-refractivity contribution in [2.45, 2.75) is 38.6 Å². The van der Waals surface area contributed by atoms with E-state index in [1.165, 1.54) is 12.3 Å². The van der Waals surface area contributed by atoms with Gasteiger partial charge in [0.05, 0.1) is 5.56 Å². The Morgan fingerprint density at radius 3 is 3.10 bits per heavy atom. The number of hydrogen-bond donors (Lipinski definition) is 2. The minimum absolute atomic E-state index is 0.00796. The van der Waals surface area contributed by atoms with Gasteiger partial charge in [-0.2, -0.15) is 0 Å². The molecule has 0 saturated carbocycles. The van der Waals surface area contributed by atoms with Gasteiger partial charge in [-0.1, -0.05) is 0 Å². The van der Waals surface area contributed by atoms with E-state index in [-0.39, 0.29) is 29.9 Å². The van der Waals surface area contributed by atoms with E-state index in [0.717, 1.165) is 19.3 Å². The number of piperidine rings is 1. The van der Waals surface area contributed by atoms with Crippen LogP contribution in [-0.2, 0) is 0 Å². The molecule has 6 heteroatoms. The molecule has 1 fully saturated rings. The molecule has 1 atom stereocenters. The number of nitrogens with one attached hydrogen (secondary N) is 1. The van der Waals surface area contributed by atoms with Gasteiger partial charge < -0.3 is 15.3 Å². The molecule has 1 aliphatic rings. The Morgan fingerprint density at radius 2 is 2.38 bits per heavy atom. The second kappa shape index (κ2) is 7.36. The smallest absolute Gasteiger partial charge is 0.257 e. The van der Waals surface area contributed by atoms with Crippen molar-refractivity contribution in [2.24, 2.45) is 0 Å². The van der Waals surface area contributed by atoms with Gasteiger partial charge in [0.25, 0.3) is 5.91 Å². The van der Waals surface area contributed by atoms with Crippen LogP contribution in [0.1, 0.15) is 43.0 Å². The first-order chi connectivity index (χ1) is 10.2. The van der Waals surface area contributed by atoms with Gasteiger partial charge in [0, 0.05) is 31.9 Å². The minimum atomic E-state index is -0.599. The summed E-state index contributed by atoms with van der Waals surface area (Å²) < 4.78 is 14.4. The lowest BCUT2D eigenvalue weighted by atomic mass is 9.98. The highest BCUT2D eigenvalue weighted by Crippen LogP contribution is 2.24. The molecule has 0 radical (unpaired) electrons. The normalized spacial score (nSPS) is 18.6. The lowest BCUT2D eigenvalue weighted by molar-refractivity contribution is 0.0570. The summed E-state index contributed by atoms with van der Waals surface area (Å²) in [6.45, 7) is 3.04. The fourth-order valence-corrected chi connectivity index (χ4v) is 2.77. The molecule has 21 heavy (non-hydrogen) atoms. The van der Waals surface area contributed by atoms with Gasteiger partial charge in [0.15, 0.2) is 11.6 Å². The van der Waals surface area contributed by atoms with Crippen molar-refractivity contribution >= 4 is 11.7 Å². The zero-order valence-electron chi connectivity index (χ0n) is 12.3. The molecule has 1 aromatic heterocycles. The van der Waals surface area contributed by atoms with Crippen molar-refractivity contribution in [1.82, 2.24) is 9.88 Å². The van der Waals surface area contributed by atoms with Crippen LogP contribution in [0.3, 0.4) is 0 Å². The van der Waals surface area contributed by atoms with Gasteiger partial charge in [0.2, 0.25) is 0 Å². The Labute approximate surface area is 124 Å². The van der Waals surface area contributed by atoms with E-state index < -0.39 is 5.82 Å². The van der Waals surface area contributed by atoms with E-state index in [2.05, 4.69) is 10.3 Å². The van der Waals surface area contributed by atoms with Crippen LogP contribution in [0.2, 0.25) is 0 Å². The second-order valence-electron chi connectivity index (χ2n) is 5.21. The van der Waals surface area contributed by atoms with Crippen molar-refractivity contribution in [3.63, 3.8) is 0 Å². The highest BCUT2D eigenvalue weighted by Gasteiger charge is 2.29. The first-order valence-corrected chi connectivity index (χ1v) is 7.49. The Bertz CT molecular complexity index is 494. The predicted octanol–water partition coefficient (Wildman–Crippen LogP) is 2.03. The molecule has 2 rings (SSSR count). The molecule has 1 aliphatic heterocycles. The molecule has 5 nitrogen and oxygen atoms in total. The largest absolute Gasteiger partial charge is 0.396 e. The summed E-state index contributed by atoms with van der Waals surface area (Å²) in [6.07, 6.45) is 4.80. The van der Waals surface area contributed by atoms with Crippen LogP contribution in [0.25, 0.3) is 0 Å². The maximum absolute atomic E-state index is 14.4. The molecule has 0 aromatic carbocycles. The number of aliphatic hydroxyl groups is 1. The number of aromatic nitrogens is 1. The Balaban J connectivity index is 2.23. The third-order valence-electron chi connectivity index (χ3n) is 3.81. The van der Waals surface area contributed by atoms with E-state index >= 15 is 0 Å². The summed E-state index contributed by atoms with van der Waals surface area (Å²) in [6, 6.07) is 1.41. The number of carbonyl (C=O) groups is 1. The van der Waals surface area contributed by atoms with Crippen molar-refractivity contribution in [2.75, 3.05) is 25.0 Å². The van der Waals surface area contributed by atoms with Crippen molar-refractivity contribution in [3.8, 4) is 0 Å². The van der Waals surface area contributed by atoms with Crippen molar-refractivity contribution in [3.05, 3.63) is 23.6 Å². The summed E-state index contributed by atoms with van der Waals surface area (Å²) in [4.78, 5) is 18.2. The first-order valence-electron chi connectivity index (χ1n) is 7.49. The predicted molar refractivity (Wildman–Crippen MR) is 78.7 cm³/mol. The summed E-state index contributed by atoms with van der Waals surface area (Å²) in [5, 5.41) is 11.9. The van der Waals surface area contributed by atoms with E-state index in [1.54, 1.807) is 4.90 Å². The molecular formula is C15H22FN3O2. The number of amides is 1. The van der Waals surface area contributed by atoms with E-state index in [9.17, 15) is 9.18 Å². The van der Waals surface area contributed by atoms with Crippen LogP contribution in [-0.4, -0.2) is 46.6 Å². The van der Waals surface area contributed by atoms with E-state index in [4.69, 9.17) is 5.11 Å². The Hall–Kier alpha value is -1.69. The molecule has 1 aromatic rings. The summed E-state index contributed by atoms with van der Waals surface area (Å²) in [7, 11) is 0. The molecule has 2 N–H and O–H groups in total. The van der Waals surface area contributed by atoms with Crippen LogP contribution >= 0.6 is 0 Å². The third-order valence-corrected chi connectivity index (χ3v) is 3.81. The molecule has 116 valence electrons. The average molecular weight is 295 g/mol. The van der Waals surface area contributed by atoms with E-state index in [0.29, 0.717) is 19.5 Å². The highest BCUT2D eigenvalue weighted by atomic mass is 19.1. The summed E-state index contributed by atoms with van der Waals surface area (Å²) in [5.41, 5.74) is 0.0470.